The van der Waals surface area contributed by atoms with E-state index in [4.69, 9.17) is 17.2 Å². The highest BCUT2D eigenvalue weighted by Gasteiger charge is 2.27. The number of carboxylic acid groups (broad SMARTS) is 1. The standard InChI is InChI=1S/C22H35N7O5S/c1-35-11-9-15(23)19(31)27-13-18(30)28-17(12-14-6-3-2-4-7-14)20(32)29-16(21(33)34)8-5-10-26-22(24)25/h2-4,6-7,15-17H,5,8-13,23H2,1H3,(H,27,31)(H,28,30)(H,29,32)(H,33,34)(H4,24,25,26). The van der Waals surface area contributed by atoms with Crippen LogP contribution >= 0.6 is 11.8 Å². The van der Waals surface area contributed by atoms with Gasteiger partial charge in [-0.1, -0.05) is 30.3 Å². The number of carbonyl (C=O) groups excluding carboxylic acids is 3. The molecule has 0 aromatic heterocycles. The summed E-state index contributed by atoms with van der Waals surface area (Å²) in [5.74, 6) is -2.37. The average molecular weight is 510 g/mol. The molecule has 0 spiro atoms. The summed E-state index contributed by atoms with van der Waals surface area (Å²) < 4.78 is 0. The first kappa shape index (κ1) is 29.7. The van der Waals surface area contributed by atoms with Crippen LogP contribution in [0.15, 0.2) is 35.3 Å². The third kappa shape index (κ3) is 12.6. The molecule has 1 aromatic carbocycles. The number of carbonyl (C=O) groups is 4. The van der Waals surface area contributed by atoms with E-state index in [2.05, 4.69) is 20.9 Å². The maximum Gasteiger partial charge on any atom is 0.326 e. The molecule has 3 amide bonds. The number of aliphatic imine (C=N–C) groups is 1. The molecule has 0 bridgehead atoms. The summed E-state index contributed by atoms with van der Waals surface area (Å²) in [4.78, 5) is 52.9. The van der Waals surface area contributed by atoms with Crippen molar-refractivity contribution in [3.8, 4) is 0 Å². The van der Waals surface area contributed by atoms with Gasteiger partial charge in [-0.25, -0.2) is 4.79 Å². The van der Waals surface area contributed by atoms with E-state index in [0.717, 1.165) is 5.56 Å². The first-order valence-electron chi connectivity index (χ1n) is 11.1. The lowest BCUT2D eigenvalue weighted by Crippen LogP contribution is -2.54. The lowest BCUT2D eigenvalue weighted by molar-refractivity contribution is -0.142. The number of amides is 3. The SMILES string of the molecule is CSCCC(N)C(=O)NCC(=O)NC(Cc1ccccc1)C(=O)NC(CCCN=C(N)N)C(=O)O. The predicted octanol–water partition coefficient (Wildman–Crippen LogP) is -1.47. The van der Waals surface area contributed by atoms with Crippen molar-refractivity contribution in [2.24, 2.45) is 22.2 Å². The van der Waals surface area contributed by atoms with E-state index in [1.807, 2.05) is 12.3 Å². The quantitative estimate of drug-likeness (QED) is 0.0785. The van der Waals surface area contributed by atoms with Crippen LogP contribution in [0, 0.1) is 0 Å². The van der Waals surface area contributed by atoms with Crippen molar-refractivity contribution in [2.45, 2.75) is 43.8 Å². The Balaban J connectivity index is 2.80. The van der Waals surface area contributed by atoms with Gasteiger partial charge in [0.1, 0.15) is 12.1 Å². The zero-order valence-corrected chi connectivity index (χ0v) is 20.6. The van der Waals surface area contributed by atoms with Gasteiger partial charge in [0, 0.05) is 13.0 Å². The molecule has 0 aliphatic rings. The molecule has 3 unspecified atom stereocenters. The van der Waals surface area contributed by atoms with Crippen molar-refractivity contribution in [1.82, 2.24) is 16.0 Å². The van der Waals surface area contributed by atoms with Gasteiger partial charge in [-0.15, -0.1) is 0 Å². The summed E-state index contributed by atoms with van der Waals surface area (Å²) in [7, 11) is 0. The Morgan fingerprint density at radius 1 is 1.03 bits per heavy atom. The monoisotopic (exact) mass is 509 g/mol. The van der Waals surface area contributed by atoms with Crippen molar-refractivity contribution in [3.63, 3.8) is 0 Å². The molecule has 1 aromatic rings. The van der Waals surface area contributed by atoms with Crippen molar-refractivity contribution in [2.75, 3.05) is 25.1 Å². The van der Waals surface area contributed by atoms with Gasteiger partial charge in [0.25, 0.3) is 0 Å². The lowest BCUT2D eigenvalue weighted by atomic mass is 10.0. The molecule has 0 aliphatic heterocycles. The number of thioether (sulfide) groups is 1. The molecule has 12 nitrogen and oxygen atoms in total. The zero-order chi connectivity index (χ0) is 26.2. The van der Waals surface area contributed by atoms with Crippen LogP contribution in [0.2, 0.25) is 0 Å². The summed E-state index contributed by atoms with van der Waals surface area (Å²) in [6, 6.07) is 5.94. The van der Waals surface area contributed by atoms with Gasteiger partial charge in [0.15, 0.2) is 5.96 Å². The van der Waals surface area contributed by atoms with Gasteiger partial charge < -0.3 is 38.3 Å². The van der Waals surface area contributed by atoms with Crippen LogP contribution < -0.4 is 33.2 Å². The van der Waals surface area contributed by atoms with Crippen LogP contribution in [-0.4, -0.2) is 78.0 Å². The molecule has 0 radical (unpaired) electrons. The van der Waals surface area contributed by atoms with Crippen LogP contribution in [-0.2, 0) is 25.6 Å². The summed E-state index contributed by atoms with van der Waals surface area (Å²) in [5.41, 5.74) is 17.1. The number of hydrogen-bond acceptors (Lipinski definition) is 7. The van der Waals surface area contributed by atoms with Gasteiger partial charge >= 0.3 is 5.97 Å². The minimum absolute atomic E-state index is 0.0911. The third-order valence-corrected chi connectivity index (χ3v) is 5.53. The number of nitrogens with two attached hydrogens (primary N) is 3. The van der Waals surface area contributed by atoms with Gasteiger partial charge in [-0.3, -0.25) is 19.4 Å². The number of carboxylic acids is 1. The average Bonchev–Trinajstić information content (AvgIpc) is 2.82. The van der Waals surface area contributed by atoms with Crippen LogP contribution in [0.1, 0.15) is 24.8 Å². The molecule has 35 heavy (non-hydrogen) atoms. The second kappa shape index (κ2) is 16.3. The third-order valence-electron chi connectivity index (χ3n) is 4.89. The molecule has 0 heterocycles. The van der Waals surface area contributed by atoms with Crippen molar-refractivity contribution in [3.05, 3.63) is 35.9 Å². The highest BCUT2D eigenvalue weighted by atomic mass is 32.2. The summed E-state index contributed by atoms with van der Waals surface area (Å²) in [6.07, 6.45) is 2.91. The van der Waals surface area contributed by atoms with Crippen LogP contribution in [0.3, 0.4) is 0 Å². The summed E-state index contributed by atoms with van der Waals surface area (Å²) in [6.45, 7) is -0.157. The van der Waals surface area contributed by atoms with Crippen LogP contribution in [0.25, 0.3) is 0 Å². The largest absolute Gasteiger partial charge is 0.480 e. The maximum atomic E-state index is 12.9. The number of nitrogens with zero attached hydrogens (tertiary/aromatic N) is 1. The van der Waals surface area contributed by atoms with Crippen LogP contribution in [0.4, 0.5) is 0 Å². The minimum Gasteiger partial charge on any atom is -0.480 e. The fraction of sp³-hybridized carbons (Fsp3) is 0.500. The minimum atomic E-state index is -1.22. The highest BCUT2D eigenvalue weighted by molar-refractivity contribution is 7.98. The van der Waals surface area contributed by atoms with E-state index in [1.54, 1.807) is 36.0 Å². The van der Waals surface area contributed by atoms with E-state index in [-0.39, 0.29) is 31.9 Å². The Hall–Kier alpha value is -3.32. The first-order valence-corrected chi connectivity index (χ1v) is 12.5. The van der Waals surface area contributed by atoms with Crippen molar-refractivity contribution < 1.29 is 24.3 Å². The Morgan fingerprint density at radius 2 is 1.71 bits per heavy atom. The Bertz CT molecular complexity index is 865. The smallest absolute Gasteiger partial charge is 0.326 e. The fourth-order valence-electron chi connectivity index (χ4n) is 3.01. The number of benzene rings is 1. The molecule has 194 valence electrons. The van der Waals surface area contributed by atoms with E-state index in [9.17, 15) is 24.3 Å². The second-order valence-corrected chi connectivity index (χ2v) is 8.75. The summed E-state index contributed by atoms with van der Waals surface area (Å²) >= 11 is 1.56. The zero-order valence-electron chi connectivity index (χ0n) is 19.7. The van der Waals surface area contributed by atoms with Crippen molar-refractivity contribution in [1.29, 1.82) is 0 Å². The topological polar surface area (TPSA) is 215 Å². The number of aliphatic carboxylic acids is 1. The molecule has 0 aliphatic carbocycles. The molecule has 0 fully saturated rings. The number of hydrogen-bond donors (Lipinski definition) is 7. The molecule has 3 atom stereocenters. The van der Waals surface area contributed by atoms with Gasteiger partial charge in [0.2, 0.25) is 17.7 Å². The maximum absolute atomic E-state index is 12.9. The Labute approximate surface area is 208 Å². The van der Waals surface area contributed by atoms with E-state index >= 15 is 0 Å². The number of nitrogens with one attached hydrogen (secondary N) is 3. The van der Waals surface area contributed by atoms with E-state index < -0.39 is 41.8 Å². The number of rotatable bonds is 16. The summed E-state index contributed by atoms with van der Waals surface area (Å²) in [5, 5.41) is 17.0. The van der Waals surface area contributed by atoms with Crippen molar-refractivity contribution >= 4 is 41.4 Å². The molecular weight excluding hydrogens is 474 g/mol. The molecule has 1 rings (SSSR count). The van der Waals surface area contributed by atoms with E-state index in [0.29, 0.717) is 18.6 Å². The van der Waals surface area contributed by atoms with Gasteiger partial charge in [0.05, 0.1) is 12.6 Å². The second-order valence-electron chi connectivity index (χ2n) is 7.76. The first-order chi connectivity index (χ1) is 16.6. The molecule has 0 saturated carbocycles. The van der Waals surface area contributed by atoms with Gasteiger partial charge in [-0.2, -0.15) is 11.8 Å². The predicted molar refractivity (Wildman–Crippen MR) is 136 cm³/mol. The van der Waals surface area contributed by atoms with E-state index in [1.165, 1.54) is 0 Å². The molecular formula is C22H35N7O5S. The number of guanidine groups is 1. The Kier molecular flexibility index (Phi) is 13.9. The lowest BCUT2D eigenvalue weighted by Gasteiger charge is -2.22. The van der Waals surface area contributed by atoms with Gasteiger partial charge in [-0.05, 0) is 36.8 Å². The molecule has 10 N–H and O–H groups in total. The normalized spacial score (nSPS) is 13.1. The Morgan fingerprint density at radius 3 is 2.31 bits per heavy atom. The van der Waals surface area contributed by atoms with Crippen LogP contribution in [0.5, 0.6) is 0 Å². The molecule has 0 saturated heterocycles. The fourth-order valence-corrected chi connectivity index (χ4v) is 3.50. The molecule has 13 heteroatoms. The highest BCUT2D eigenvalue weighted by Crippen LogP contribution is 2.06.